The summed E-state index contributed by atoms with van der Waals surface area (Å²) in [5, 5.41) is 18.1. The summed E-state index contributed by atoms with van der Waals surface area (Å²) in [5.74, 6) is -2.84. The molecule has 0 unspecified atom stereocenters. The predicted molar refractivity (Wildman–Crippen MR) is 153 cm³/mol. The summed E-state index contributed by atoms with van der Waals surface area (Å²) < 4.78 is 5.02. The molecule has 0 saturated carbocycles. The molecule has 1 aliphatic heterocycles. The summed E-state index contributed by atoms with van der Waals surface area (Å²) in [7, 11) is 0. The van der Waals surface area contributed by atoms with E-state index in [9.17, 15) is 29.1 Å². The molecule has 1 fully saturated rings. The van der Waals surface area contributed by atoms with Crippen LogP contribution in [0.1, 0.15) is 59.9 Å². The number of amides is 5. The van der Waals surface area contributed by atoms with Crippen LogP contribution < -0.4 is 21.7 Å². The quantitative estimate of drug-likeness (QED) is 0.262. The van der Waals surface area contributed by atoms with Gasteiger partial charge in [-0.25, -0.2) is 4.79 Å². The van der Waals surface area contributed by atoms with Crippen LogP contribution in [0.15, 0.2) is 30.3 Å². The van der Waals surface area contributed by atoms with E-state index in [0.717, 1.165) is 0 Å². The summed E-state index contributed by atoms with van der Waals surface area (Å²) in [6.07, 6.45) is -3.04. The second-order valence-electron chi connectivity index (χ2n) is 12.2. The van der Waals surface area contributed by atoms with Crippen LogP contribution in [0.5, 0.6) is 0 Å². The normalized spacial score (nSPS) is 19.5. The number of benzene rings is 1. The van der Waals surface area contributed by atoms with Crippen LogP contribution in [0.2, 0.25) is 0 Å². The first-order valence-corrected chi connectivity index (χ1v) is 13.9. The van der Waals surface area contributed by atoms with Gasteiger partial charge in [-0.15, -0.1) is 11.6 Å². The first kappa shape index (κ1) is 34.0. The van der Waals surface area contributed by atoms with Crippen LogP contribution in [-0.2, 0) is 30.3 Å². The zero-order valence-corrected chi connectivity index (χ0v) is 25.2. The molecule has 1 aliphatic rings. The first-order valence-electron chi connectivity index (χ1n) is 13.4. The fraction of sp³-hybridized carbons (Fsp3) is 0.607. The number of ether oxygens (including phenoxy) is 1. The predicted octanol–water partition coefficient (Wildman–Crippen LogP) is 0.967. The van der Waals surface area contributed by atoms with Gasteiger partial charge in [0.05, 0.1) is 23.9 Å². The van der Waals surface area contributed by atoms with E-state index in [2.05, 4.69) is 10.6 Å². The molecule has 0 spiro atoms. The number of rotatable bonds is 9. The number of carbonyl (C=O) groups excluding carboxylic acids is 5. The fourth-order valence-corrected chi connectivity index (χ4v) is 4.55. The Kier molecular flexibility index (Phi) is 11.7. The highest BCUT2D eigenvalue weighted by Gasteiger charge is 2.43. The van der Waals surface area contributed by atoms with E-state index in [0.29, 0.717) is 5.56 Å². The van der Waals surface area contributed by atoms with Gasteiger partial charge in [-0.1, -0.05) is 30.3 Å². The van der Waals surface area contributed by atoms with Gasteiger partial charge >= 0.3 is 6.09 Å². The van der Waals surface area contributed by atoms with Crippen molar-refractivity contribution in [2.45, 2.75) is 102 Å². The van der Waals surface area contributed by atoms with Gasteiger partial charge in [-0.2, -0.15) is 0 Å². The molecule has 228 valence electrons. The van der Waals surface area contributed by atoms with E-state index in [4.69, 9.17) is 22.1 Å². The molecule has 1 saturated heterocycles. The summed E-state index contributed by atoms with van der Waals surface area (Å²) in [5.41, 5.74) is 5.25. The molecule has 0 bridgehead atoms. The lowest BCUT2D eigenvalue weighted by atomic mass is 9.99. The molecule has 1 aromatic rings. The largest absolute Gasteiger partial charge is 0.444 e. The first-order chi connectivity index (χ1) is 18.9. The number of carbonyl (C=O) groups is 5. The van der Waals surface area contributed by atoms with Crippen molar-refractivity contribution in [2.75, 3.05) is 6.54 Å². The molecule has 1 heterocycles. The Balaban J connectivity index is 2.17. The Labute approximate surface area is 245 Å². The highest BCUT2D eigenvalue weighted by molar-refractivity contribution is 6.21. The molecule has 13 heteroatoms. The molecule has 0 aliphatic carbocycles. The number of imide groups is 1. The third kappa shape index (κ3) is 11.3. The van der Waals surface area contributed by atoms with Crippen molar-refractivity contribution in [3.05, 3.63) is 35.9 Å². The number of alkyl halides is 1. The SMILES string of the molecule is CC(C)(C)NC(=O)[C@@H]1C[C@H](Cl)CN1C(=O)[C@@H](O)[C@H](Cc1ccccc1)NC(=O)[C@@H](N)CC(=O)NC(=O)OC(C)(C)C. The van der Waals surface area contributed by atoms with Gasteiger partial charge in [-0.05, 0) is 59.9 Å². The third-order valence-electron chi connectivity index (χ3n) is 5.98. The molecule has 1 aromatic carbocycles. The van der Waals surface area contributed by atoms with E-state index < -0.39 is 76.9 Å². The van der Waals surface area contributed by atoms with Crippen molar-refractivity contribution in [2.24, 2.45) is 5.73 Å². The molecule has 6 N–H and O–H groups in total. The minimum atomic E-state index is -1.76. The second-order valence-corrected chi connectivity index (χ2v) is 12.8. The molecule has 2 rings (SSSR count). The second kappa shape index (κ2) is 14.1. The average molecular weight is 596 g/mol. The van der Waals surface area contributed by atoms with E-state index in [1.807, 2.05) is 26.1 Å². The van der Waals surface area contributed by atoms with Crippen molar-refractivity contribution in [3.8, 4) is 0 Å². The number of halogens is 1. The van der Waals surface area contributed by atoms with E-state index in [1.54, 1.807) is 51.1 Å². The number of likely N-dealkylation sites (tertiary alicyclic amines) is 1. The molecule has 12 nitrogen and oxygen atoms in total. The summed E-state index contributed by atoms with van der Waals surface area (Å²) in [4.78, 5) is 64.7. The number of hydrogen-bond acceptors (Lipinski definition) is 8. The topological polar surface area (TPSA) is 180 Å². The number of nitrogens with two attached hydrogens (primary N) is 1. The van der Waals surface area contributed by atoms with Crippen LogP contribution in [0.25, 0.3) is 0 Å². The van der Waals surface area contributed by atoms with E-state index >= 15 is 0 Å². The third-order valence-corrected chi connectivity index (χ3v) is 6.29. The average Bonchev–Trinajstić information content (AvgIpc) is 3.22. The lowest BCUT2D eigenvalue weighted by Gasteiger charge is -2.32. The maximum atomic E-state index is 13.5. The molecule has 5 atom stereocenters. The molecule has 0 radical (unpaired) electrons. The zero-order chi connectivity index (χ0) is 31.1. The Morgan fingerprint density at radius 1 is 1.10 bits per heavy atom. The summed E-state index contributed by atoms with van der Waals surface area (Å²) in [6, 6.07) is 5.39. The number of alkyl carbamates (subject to hydrolysis) is 1. The van der Waals surface area contributed by atoms with Crippen LogP contribution in [0, 0.1) is 0 Å². The van der Waals surface area contributed by atoms with Crippen molar-refractivity contribution in [3.63, 3.8) is 0 Å². The number of aliphatic hydroxyl groups is 1. The molecule has 5 amide bonds. The number of aliphatic hydroxyl groups excluding tert-OH is 1. The number of nitrogens with zero attached hydrogens (tertiary/aromatic N) is 1. The Bertz CT molecular complexity index is 1100. The van der Waals surface area contributed by atoms with Gasteiger partial charge in [0.15, 0.2) is 6.10 Å². The van der Waals surface area contributed by atoms with Crippen molar-refractivity contribution >= 4 is 41.3 Å². The van der Waals surface area contributed by atoms with Crippen LogP contribution in [-0.4, -0.2) is 87.0 Å². The van der Waals surface area contributed by atoms with E-state index in [-0.39, 0.29) is 19.4 Å². The Morgan fingerprint density at radius 2 is 1.71 bits per heavy atom. The van der Waals surface area contributed by atoms with Crippen LogP contribution in [0.4, 0.5) is 4.79 Å². The summed E-state index contributed by atoms with van der Waals surface area (Å²) >= 11 is 6.31. The maximum Gasteiger partial charge on any atom is 0.414 e. The fourth-order valence-electron chi connectivity index (χ4n) is 4.23. The van der Waals surface area contributed by atoms with Gasteiger partial charge in [-0.3, -0.25) is 24.5 Å². The standard InChI is InChI=1S/C28H42ClN5O7/c1-27(2,3)33-24(38)20-13-17(29)15-34(20)25(39)22(36)19(12-16-10-8-7-9-11-16)31-23(37)18(30)14-21(35)32-26(40)41-28(4,5)6/h7-11,17-20,22,36H,12-15,30H2,1-6H3,(H,31,37)(H,33,38)(H,32,35,40)/t17-,18-,19-,20-,22-/m0/s1. The minimum absolute atomic E-state index is 0.0377. The lowest BCUT2D eigenvalue weighted by Crippen LogP contribution is -2.58. The van der Waals surface area contributed by atoms with Crippen LogP contribution in [0.3, 0.4) is 0 Å². The summed E-state index contributed by atoms with van der Waals surface area (Å²) in [6.45, 7) is 10.3. The molecule has 0 aromatic heterocycles. The Morgan fingerprint density at radius 3 is 2.27 bits per heavy atom. The van der Waals surface area contributed by atoms with Crippen molar-refractivity contribution < 1.29 is 33.8 Å². The maximum absolute atomic E-state index is 13.5. The van der Waals surface area contributed by atoms with Gasteiger partial charge in [0.25, 0.3) is 5.91 Å². The van der Waals surface area contributed by atoms with Gasteiger partial charge in [0.2, 0.25) is 17.7 Å². The van der Waals surface area contributed by atoms with Crippen LogP contribution >= 0.6 is 11.6 Å². The highest BCUT2D eigenvalue weighted by atomic mass is 35.5. The van der Waals surface area contributed by atoms with Gasteiger partial charge in [0, 0.05) is 12.1 Å². The zero-order valence-electron chi connectivity index (χ0n) is 24.4. The van der Waals surface area contributed by atoms with Crippen molar-refractivity contribution in [1.29, 1.82) is 0 Å². The highest BCUT2D eigenvalue weighted by Crippen LogP contribution is 2.25. The monoisotopic (exact) mass is 595 g/mol. The van der Waals surface area contributed by atoms with Gasteiger partial charge < -0.3 is 31.1 Å². The molecular formula is C28H42ClN5O7. The lowest BCUT2D eigenvalue weighted by molar-refractivity contribution is -0.147. The molecule has 41 heavy (non-hydrogen) atoms. The minimum Gasteiger partial charge on any atom is -0.444 e. The van der Waals surface area contributed by atoms with E-state index in [1.165, 1.54) is 4.90 Å². The number of hydrogen-bond donors (Lipinski definition) is 5. The van der Waals surface area contributed by atoms with Crippen molar-refractivity contribution in [1.82, 2.24) is 20.9 Å². The smallest absolute Gasteiger partial charge is 0.414 e. The number of nitrogens with one attached hydrogen (secondary N) is 3. The van der Waals surface area contributed by atoms with Gasteiger partial charge in [0.1, 0.15) is 11.6 Å². The Hall–Kier alpha value is -3.22. The molecular weight excluding hydrogens is 554 g/mol.